The highest BCUT2D eigenvalue weighted by molar-refractivity contribution is 5.24. The quantitative estimate of drug-likeness (QED) is 0.806. The van der Waals surface area contributed by atoms with Gasteiger partial charge in [-0.3, -0.25) is 0 Å². The molecular formula is C18H21F2NO. The summed E-state index contributed by atoms with van der Waals surface area (Å²) in [5.74, 6) is -0.868. The molecule has 0 radical (unpaired) electrons. The molecule has 0 spiro atoms. The maximum Gasteiger partial charge on any atom is 0.128 e. The van der Waals surface area contributed by atoms with Gasteiger partial charge in [-0.1, -0.05) is 30.3 Å². The predicted molar refractivity (Wildman–Crippen MR) is 83.4 cm³/mol. The van der Waals surface area contributed by atoms with Gasteiger partial charge in [0.05, 0.1) is 0 Å². The molecule has 0 aliphatic rings. The van der Waals surface area contributed by atoms with Crippen molar-refractivity contribution in [3.63, 3.8) is 0 Å². The Morgan fingerprint density at radius 3 is 2.50 bits per heavy atom. The summed E-state index contributed by atoms with van der Waals surface area (Å²) in [4.78, 5) is 0. The summed E-state index contributed by atoms with van der Waals surface area (Å²) >= 11 is 0. The van der Waals surface area contributed by atoms with E-state index >= 15 is 0 Å². The molecule has 2 N–H and O–H groups in total. The molecule has 0 saturated heterocycles. The van der Waals surface area contributed by atoms with Gasteiger partial charge in [0.25, 0.3) is 0 Å². The Morgan fingerprint density at radius 2 is 1.82 bits per heavy atom. The first kappa shape index (κ1) is 16.6. The van der Waals surface area contributed by atoms with Crippen molar-refractivity contribution < 1.29 is 13.9 Å². The van der Waals surface area contributed by atoms with E-state index in [2.05, 4.69) is 5.32 Å². The molecule has 0 saturated carbocycles. The first-order valence-corrected chi connectivity index (χ1v) is 7.48. The van der Waals surface area contributed by atoms with Gasteiger partial charge in [-0.2, -0.15) is 0 Å². The van der Waals surface area contributed by atoms with Gasteiger partial charge in [-0.15, -0.1) is 0 Å². The van der Waals surface area contributed by atoms with Gasteiger partial charge in [0, 0.05) is 24.3 Å². The van der Waals surface area contributed by atoms with E-state index in [-0.39, 0.29) is 18.7 Å². The van der Waals surface area contributed by atoms with Crippen LogP contribution in [-0.2, 0) is 0 Å². The minimum atomic E-state index is -0.448. The summed E-state index contributed by atoms with van der Waals surface area (Å²) in [6.45, 7) is 1.92. The third-order valence-corrected chi connectivity index (χ3v) is 3.73. The molecule has 0 aliphatic carbocycles. The van der Waals surface area contributed by atoms with Crippen LogP contribution in [0.2, 0.25) is 0 Å². The Kier molecular flexibility index (Phi) is 6.04. The zero-order valence-electron chi connectivity index (χ0n) is 12.6. The Labute approximate surface area is 129 Å². The molecule has 2 nitrogen and oxygen atoms in total. The Morgan fingerprint density at radius 1 is 1.09 bits per heavy atom. The normalized spacial score (nSPS) is 13.8. The molecule has 4 heteroatoms. The molecule has 2 aromatic carbocycles. The van der Waals surface area contributed by atoms with Crippen LogP contribution in [0.15, 0.2) is 48.5 Å². The van der Waals surface area contributed by atoms with E-state index in [9.17, 15) is 8.78 Å². The van der Waals surface area contributed by atoms with Crippen molar-refractivity contribution in [2.24, 2.45) is 0 Å². The molecule has 118 valence electrons. The minimum Gasteiger partial charge on any atom is -0.396 e. The lowest BCUT2D eigenvalue weighted by molar-refractivity contribution is 0.272. The summed E-state index contributed by atoms with van der Waals surface area (Å²) in [6, 6.07) is 12.9. The fourth-order valence-corrected chi connectivity index (χ4v) is 2.56. The van der Waals surface area contributed by atoms with Gasteiger partial charge < -0.3 is 10.4 Å². The van der Waals surface area contributed by atoms with Crippen LogP contribution in [0, 0.1) is 11.6 Å². The van der Waals surface area contributed by atoms with Gasteiger partial charge in [-0.25, -0.2) is 8.78 Å². The van der Waals surface area contributed by atoms with Crippen molar-refractivity contribution in [1.29, 1.82) is 0 Å². The molecule has 0 amide bonds. The minimum absolute atomic E-state index is 0.0222. The number of aliphatic hydroxyl groups is 1. The average molecular weight is 305 g/mol. The van der Waals surface area contributed by atoms with Gasteiger partial charge in [0.1, 0.15) is 11.6 Å². The first-order chi connectivity index (χ1) is 10.6. The van der Waals surface area contributed by atoms with Gasteiger partial charge in [-0.05, 0) is 43.5 Å². The molecule has 2 atom stereocenters. The first-order valence-electron chi connectivity index (χ1n) is 7.48. The van der Waals surface area contributed by atoms with Crippen LogP contribution in [0.4, 0.5) is 8.78 Å². The van der Waals surface area contributed by atoms with Crippen LogP contribution in [0.1, 0.15) is 43.0 Å². The zero-order valence-corrected chi connectivity index (χ0v) is 12.6. The van der Waals surface area contributed by atoms with Crippen LogP contribution < -0.4 is 5.32 Å². The third kappa shape index (κ3) is 4.36. The second-order valence-electron chi connectivity index (χ2n) is 5.38. The fraction of sp³-hybridized carbons (Fsp3) is 0.333. The number of benzene rings is 2. The van der Waals surface area contributed by atoms with Gasteiger partial charge in [0.2, 0.25) is 0 Å². The molecule has 22 heavy (non-hydrogen) atoms. The van der Waals surface area contributed by atoms with E-state index in [0.29, 0.717) is 12.0 Å². The Bertz CT molecular complexity index is 589. The maximum atomic E-state index is 13.9. The molecule has 2 aromatic rings. The molecule has 0 bridgehead atoms. The molecule has 2 rings (SSSR count). The topological polar surface area (TPSA) is 32.3 Å². The van der Waals surface area contributed by atoms with Crippen molar-refractivity contribution in [3.8, 4) is 0 Å². The van der Waals surface area contributed by atoms with Crippen LogP contribution in [0.5, 0.6) is 0 Å². The van der Waals surface area contributed by atoms with Crippen LogP contribution in [0.25, 0.3) is 0 Å². The second-order valence-corrected chi connectivity index (χ2v) is 5.38. The number of hydrogen-bond acceptors (Lipinski definition) is 2. The van der Waals surface area contributed by atoms with E-state index < -0.39 is 11.6 Å². The monoisotopic (exact) mass is 305 g/mol. The maximum absolute atomic E-state index is 13.9. The van der Waals surface area contributed by atoms with Crippen LogP contribution in [-0.4, -0.2) is 11.7 Å². The lowest BCUT2D eigenvalue weighted by atomic mass is 9.99. The third-order valence-electron chi connectivity index (χ3n) is 3.73. The van der Waals surface area contributed by atoms with Gasteiger partial charge in [0.15, 0.2) is 0 Å². The number of aliphatic hydroxyl groups excluding tert-OH is 1. The summed E-state index contributed by atoms with van der Waals surface area (Å²) in [7, 11) is 0. The molecule has 0 aliphatic heterocycles. The summed E-state index contributed by atoms with van der Waals surface area (Å²) < 4.78 is 27.2. The van der Waals surface area contributed by atoms with Crippen LogP contribution >= 0.6 is 0 Å². The molecule has 0 fully saturated rings. The largest absolute Gasteiger partial charge is 0.396 e. The second kappa shape index (κ2) is 8.01. The number of hydrogen-bond donors (Lipinski definition) is 2. The van der Waals surface area contributed by atoms with E-state index in [1.54, 1.807) is 0 Å². The standard InChI is InChI=1S/C18H21F2NO/c1-13(16-12-15(19)9-10-17(16)20)21-18(8-5-11-22)14-6-3-2-4-7-14/h2-4,6-7,9-10,12-13,18,21-22H,5,8,11H2,1H3. The SMILES string of the molecule is CC(NC(CCCO)c1ccccc1)c1cc(F)ccc1F. The van der Waals surface area contributed by atoms with E-state index in [4.69, 9.17) is 5.11 Å². The zero-order chi connectivity index (χ0) is 15.9. The molecular weight excluding hydrogens is 284 g/mol. The smallest absolute Gasteiger partial charge is 0.128 e. The highest BCUT2D eigenvalue weighted by atomic mass is 19.1. The fourth-order valence-electron chi connectivity index (χ4n) is 2.56. The highest BCUT2D eigenvalue weighted by Crippen LogP contribution is 2.25. The average Bonchev–Trinajstić information content (AvgIpc) is 2.54. The molecule has 0 heterocycles. The number of halogens is 2. The van der Waals surface area contributed by atoms with Gasteiger partial charge >= 0.3 is 0 Å². The van der Waals surface area contributed by atoms with E-state index in [1.165, 1.54) is 6.07 Å². The van der Waals surface area contributed by atoms with Crippen molar-refractivity contribution in [1.82, 2.24) is 5.32 Å². The Balaban J connectivity index is 2.17. The molecule has 2 unspecified atom stereocenters. The summed E-state index contributed by atoms with van der Waals surface area (Å²) in [6.07, 6.45) is 1.37. The number of nitrogens with one attached hydrogen (secondary N) is 1. The summed E-state index contributed by atoms with van der Waals surface area (Å²) in [5.41, 5.74) is 1.38. The van der Waals surface area contributed by atoms with E-state index in [0.717, 1.165) is 24.1 Å². The lowest BCUT2D eigenvalue weighted by Crippen LogP contribution is -2.25. The molecule has 0 aromatic heterocycles. The van der Waals surface area contributed by atoms with E-state index in [1.807, 2.05) is 37.3 Å². The van der Waals surface area contributed by atoms with Crippen LogP contribution in [0.3, 0.4) is 0 Å². The lowest BCUT2D eigenvalue weighted by Gasteiger charge is -2.24. The predicted octanol–water partition coefficient (Wildman–Crippen LogP) is 4.13. The van der Waals surface area contributed by atoms with Crippen molar-refractivity contribution in [2.75, 3.05) is 6.61 Å². The summed E-state index contributed by atoms with van der Waals surface area (Å²) in [5, 5.41) is 12.4. The van der Waals surface area contributed by atoms with Crippen molar-refractivity contribution in [3.05, 3.63) is 71.3 Å². The van der Waals surface area contributed by atoms with Crippen molar-refractivity contribution in [2.45, 2.75) is 31.8 Å². The number of rotatable bonds is 7. The Hall–Kier alpha value is -1.78. The van der Waals surface area contributed by atoms with Crippen molar-refractivity contribution >= 4 is 0 Å². The highest BCUT2D eigenvalue weighted by Gasteiger charge is 2.18.